The molecule has 0 aliphatic carbocycles. The molecule has 0 saturated carbocycles. The Morgan fingerprint density at radius 2 is 2.44 bits per heavy atom. The molecule has 2 rings (SSSR count). The molecule has 5 heteroatoms. The lowest BCUT2D eigenvalue weighted by atomic mass is 10.0. The number of aryl methyl sites for hydroxylation is 1. The van der Waals surface area contributed by atoms with Crippen LogP contribution in [0, 0.1) is 6.92 Å². The quantitative estimate of drug-likeness (QED) is 0.789. The van der Waals surface area contributed by atoms with Gasteiger partial charge in [0.15, 0.2) is 0 Å². The summed E-state index contributed by atoms with van der Waals surface area (Å²) in [5, 5.41) is 6.79. The van der Waals surface area contributed by atoms with Gasteiger partial charge in [-0.05, 0) is 32.9 Å². The lowest BCUT2D eigenvalue weighted by Gasteiger charge is -2.23. The normalized spacial score (nSPS) is 23.3. The van der Waals surface area contributed by atoms with Crippen molar-refractivity contribution in [3.8, 4) is 0 Å². The van der Waals surface area contributed by atoms with Gasteiger partial charge in [0.2, 0.25) is 0 Å². The highest BCUT2D eigenvalue weighted by molar-refractivity contribution is 5.90. The maximum atomic E-state index is 11.5. The maximum absolute atomic E-state index is 11.5. The lowest BCUT2D eigenvalue weighted by molar-refractivity contribution is 0.0599. The molecular weight excluding hydrogens is 232 g/mol. The largest absolute Gasteiger partial charge is 0.465 e. The van der Waals surface area contributed by atoms with Crippen LogP contribution < -0.4 is 10.6 Å². The monoisotopic (exact) mass is 252 g/mol. The Morgan fingerprint density at radius 3 is 3.06 bits per heavy atom. The molecule has 0 amide bonds. The van der Waals surface area contributed by atoms with Gasteiger partial charge in [0.1, 0.15) is 17.1 Å². The Labute approximate surface area is 107 Å². The summed E-state index contributed by atoms with van der Waals surface area (Å²) in [6.07, 6.45) is 1.09. The fourth-order valence-corrected chi connectivity index (χ4v) is 2.21. The van der Waals surface area contributed by atoms with E-state index in [1.54, 1.807) is 13.0 Å². The van der Waals surface area contributed by atoms with Crippen molar-refractivity contribution in [2.45, 2.75) is 32.4 Å². The fourth-order valence-electron chi connectivity index (χ4n) is 2.21. The second kappa shape index (κ2) is 5.12. The molecule has 1 aromatic rings. The Hall–Kier alpha value is -1.33. The van der Waals surface area contributed by atoms with E-state index in [0.29, 0.717) is 17.9 Å². The van der Waals surface area contributed by atoms with Crippen LogP contribution in [-0.2, 0) is 11.3 Å². The number of esters is 1. The topological polar surface area (TPSA) is 63.5 Å². The molecule has 1 unspecified atom stereocenters. The van der Waals surface area contributed by atoms with Crippen LogP contribution in [0.5, 0.6) is 0 Å². The molecule has 0 radical (unpaired) electrons. The van der Waals surface area contributed by atoms with Crippen LogP contribution in [0.3, 0.4) is 0 Å². The van der Waals surface area contributed by atoms with Crippen molar-refractivity contribution in [2.75, 3.05) is 20.2 Å². The first-order valence-electron chi connectivity index (χ1n) is 6.17. The third-order valence-electron chi connectivity index (χ3n) is 3.43. The van der Waals surface area contributed by atoms with Gasteiger partial charge in [0.05, 0.1) is 13.7 Å². The molecule has 1 saturated heterocycles. The molecule has 1 aromatic heterocycles. The van der Waals surface area contributed by atoms with Gasteiger partial charge in [-0.25, -0.2) is 4.79 Å². The van der Waals surface area contributed by atoms with E-state index in [1.807, 2.05) is 0 Å². The predicted molar refractivity (Wildman–Crippen MR) is 67.5 cm³/mol. The molecule has 1 aliphatic rings. The van der Waals surface area contributed by atoms with E-state index in [0.717, 1.165) is 25.3 Å². The van der Waals surface area contributed by atoms with Crippen molar-refractivity contribution >= 4 is 5.97 Å². The summed E-state index contributed by atoms with van der Waals surface area (Å²) < 4.78 is 10.3. The molecule has 0 bridgehead atoms. The lowest BCUT2D eigenvalue weighted by Crippen LogP contribution is -2.43. The molecule has 1 aliphatic heterocycles. The highest BCUT2D eigenvalue weighted by Crippen LogP contribution is 2.18. The molecule has 100 valence electrons. The number of ether oxygens (including phenoxy) is 1. The number of carbonyl (C=O) groups excluding carboxylic acids is 1. The van der Waals surface area contributed by atoms with Gasteiger partial charge in [-0.3, -0.25) is 0 Å². The van der Waals surface area contributed by atoms with Gasteiger partial charge >= 0.3 is 5.97 Å². The Bertz CT molecular complexity index is 433. The average Bonchev–Trinajstić information content (AvgIpc) is 2.93. The average molecular weight is 252 g/mol. The Kier molecular flexibility index (Phi) is 3.73. The summed E-state index contributed by atoms with van der Waals surface area (Å²) in [7, 11) is 1.37. The van der Waals surface area contributed by atoms with E-state index in [9.17, 15) is 4.79 Å². The first-order chi connectivity index (χ1) is 8.54. The number of methoxy groups -OCH3 is 1. The number of nitrogens with one attached hydrogen (secondary N) is 2. The molecule has 18 heavy (non-hydrogen) atoms. The van der Waals surface area contributed by atoms with Crippen molar-refractivity contribution < 1.29 is 13.9 Å². The maximum Gasteiger partial charge on any atom is 0.341 e. The van der Waals surface area contributed by atoms with Crippen molar-refractivity contribution in [1.82, 2.24) is 10.6 Å². The van der Waals surface area contributed by atoms with Gasteiger partial charge in [0.25, 0.3) is 0 Å². The van der Waals surface area contributed by atoms with Crippen LogP contribution in [0.1, 0.15) is 35.2 Å². The zero-order chi connectivity index (χ0) is 13.2. The van der Waals surface area contributed by atoms with Crippen molar-refractivity contribution in [2.24, 2.45) is 0 Å². The van der Waals surface area contributed by atoms with Crippen LogP contribution >= 0.6 is 0 Å². The van der Waals surface area contributed by atoms with Crippen molar-refractivity contribution in [3.63, 3.8) is 0 Å². The van der Waals surface area contributed by atoms with Crippen LogP contribution in [0.4, 0.5) is 0 Å². The third kappa shape index (κ3) is 2.73. The minimum Gasteiger partial charge on any atom is -0.465 e. The highest BCUT2D eigenvalue weighted by atomic mass is 16.5. The van der Waals surface area contributed by atoms with E-state index in [1.165, 1.54) is 7.11 Å². The van der Waals surface area contributed by atoms with E-state index < -0.39 is 0 Å². The van der Waals surface area contributed by atoms with Gasteiger partial charge in [-0.15, -0.1) is 0 Å². The van der Waals surface area contributed by atoms with Gasteiger partial charge in [-0.2, -0.15) is 0 Å². The third-order valence-corrected chi connectivity index (χ3v) is 3.43. The summed E-state index contributed by atoms with van der Waals surface area (Å²) in [5.41, 5.74) is 0.607. The van der Waals surface area contributed by atoms with Gasteiger partial charge in [-0.1, -0.05) is 0 Å². The molecule has 2 heterocycles. The second-order valence-electron chi connectivity index (χ2n) is 5.02. The van der Waals surface area contributed by atoms with Crippen LogP contribution in [0.15, 0.2) is 10.5 Å². The molecule has 1 atom stereocenters. The summed E-state index contributed by atoms with van der Waals surface area (Å²) in [6, 6.07) is 1.75. The minimum atomic E-state index is -0.351. The van der Waals surface area contributed by atoms with Crippen molar-refractivity contribution in [1.29, 1.82) is 0 Å². The highest BCUT2D eigenvalue weighted by Gasteiger charge is 2.28. The Balaban J connectivity index is 2.00. The van der Waals surface area contributed by atoms with Crippen molar-refractivity contribution in [3.05, 3.63) is 23.2 Å². The zero-order valence-corrected chi connectivity index (χ0v) is 11.1. The molecule has 0 spiro atoms. The number of hydrogen-bond acceptors (Lipinski definition) is 5. The van der Waals surface area contributed by atoms with Gasteiger partial charge in [0, 0.05) is 12.1 Å². The standard InChI is InChI=1S/C13H20N2O3/c1-9-11(12(16)17-3)6-10(18-9)7-15-13(2)4-5-14-8-13/h6,14-15H,4-5,7-8H2,1-3H3. The molecule has 0 aromatic carbocycles. The number of furan rings is 1. The van der Waals surface area contributed by atoms with E-state index in [-0.39, 0.29) is 11.5 Å². The van der Waals surface area contributed by atoms with Crippen LogP contribution in [0.25, 0.3) is 0 Å². The summed E-state index contributed by atoms with van der Waals surface area (Å²) in [5.74, 6) is 1.02. The number of hydrogen-bond donors (Lipinski definition) is 2. The number of rotatable bonds is 4. The van der Waals surface area contributed by atoms with Gasteiger partial charge < -0.3 is 19.8 Å². The first-order valence-corrected chi connectivity index (χ1v) is 6.17. The van der Waals surface area contributed by atoms with E-state index >= 15 is 0 Å². The summed E-state index contributed by atoms with van der Waals surface area (Å²) in [6.45, 7) is 6.57. The summed E-state index contributed by atoms with van der Waals surface area (Å²) in [4.78, 5) is 11.5. The fraction of sp³-hybridized carbons (Fsp3) is 0.615. The van der Waals surface area contributed by atoms with Crippen LogP contribution in [-0.4, -0.2) is 31.7 Å². The van der Waals surface area contributed by atoms with Crippen LogP contribution in [0.2, 0.25) is 0 Å². The molecule has 2 N–H and O–H groups in total. The van der Waals surface area contributed by atoms with E-state index in [2.05, 4.69) is 17.6 Å². The SMILES string of the molecule is COC(=O)c1cc(CNC2(C)CCNC2)oc1C. The Morgan fingerprint density at radius 1 is 1.67 bits per heavy atom. The predicted octanol–water partition coefficient (Wildman–Crippen LogP) is 1.22. The summed E-state index contributed by atoms with van der Waals surface area (Å²) >= 11 is 0. The smallest absolute Gasteiger partial charge is 0.341 e. The molecule has 5 nitrogen and oxygen atoms in total. The molecular formula is C13H20N2O3. The van der Waals surface area contributed by atoms with E-state index in [4.69, 9.17) is 9.15 Å². The number of carbonyl (C=O) groups is 1. The second-order valence-corrected chi connectivity index (χ2v) is 5.02. The molecule has 1 fully saturated rings. The first kappa shape index (κ1) is 13.1. The minimum absolute atomic E-state index is 0.103. The zero-order valence-electron chi connectivity index (χ0n) is 11.1.